The first-order valence-electron chi connectivity index (χ1n) is 6.90. The second-order valence-corrected chi connectivity index (χ2v) is 5.10. The second-order valence-electron chi connectivity index (χ2n) is 3.68. The zero-order chi connectivity index (χ0) is 14.6. The van der Waals surface area contributed by atoms with Crippen LogP contribution >= 0.6 is 0 Å². The summed E-state index contributed by atoms with van der Waals surface area (Å²) in [7, 11) is 0.417. The van der Waals surface area contributed by atoms with E-state index < -0.39 is 0 Å². The zero-order valence-electron chi connectivity index (χ0n) is 13.3. The summed E-state index contributed by atoms with van der Waals surface area (Å²) in [5.74, 6) is 0. The van der Waals surface area contributed by atoms with E-state index in [0.717, 1.165) is 0 Å². The van der Waals surface area contributed by atoms with Gasteiger partial charge in [-0.05, 0) is 13.8 Å². The van der Waals surface area contributed by atoms with Gasteiger partial charge >= 0.3 is 26.2 Å². The van der Waals surface area contributed by atoms with Gasteiger partial charge in [0.25, 0.3) is 0 Å². The Kier molecular flexibility index (Phi) is 32.5. The Labute approximate surface area is 147 Å². The largest absolute Gasteiger partial charge is 2.00 e. The van der Waals surface area contributed by atoms with Gasteiger partial charge in [-0.25, -0.2) is 24.3 Å². The van der Waals surface area contributed by atoms with E-state index >= 15 is 0 Å². The minimum absolute atomic E-state index is 0. The Hall–Kier alpha value is -0.720. The van der Waals surface area contributed by atoms with Crippen LogP contribution in [0.1, 0.15) is 13.8 Å². The molecule has 0 aliphatic heterocycles. The van der Waals surface area contributed by atoms with E-state index in [-0.39, 0.29) is 26.2 Å². The van der Waals surface area contributed by atoms with Gasteiger partial charge in [-0.1, -0.05) is 37.4 Å². The molecule has 0 radical (unpaired) electrons. The smallest absolute Gasteiger partial charge is 0.214 e. The van der Waals surface area contributed by atoms with Crippen LogP contribution in [0.5, 0.6) is 0 Å². The number of allylic oxidation sites excluding steroid dienone is 4. The van der Waals surface area contributed by atoms with Gasteiger partial charge in [-0.15, -0.1) is 0 Å². The van der Waals surface area contributed by atoms with Gasteiger partial charge in [-0.3, -0.25) is 0 Å². The number of hydrogen-bond donors (Lipinski definition) is 0. The number of hydrogen-bond acceptors (Lipinski definition) is 0. The predicted molar refractivity (Wildman–Crippen MR) is 94.0 cm³/mol. The van der Waals surface area contributed by atoms with Crippen LogP contribution in [0.4, 0.5) is 0 Å². The molecule has 0 heterocycles. The molecule has 0 saturated heterocycles. The molecule has 0 atom stereocenters. The third kappa shape index (κ3) is 30.4. The molecular formula is C18H28SiZr. The van der Waals surface area contributed by atoms with Crippen LogP contribution in [0.25, 0.3) is 0 Å². The molecule has 0 nitrogen and oxygen atoms in total. The fraction of sp³-hybridized carbons (Fsp3) is 0.222. The van der Waals surface area contributed by atoms with E-state index in [4.69, 9.17) is 0 Å². The molecule has 2 aromatic rings. The minimum atomic E-state index is 0. The molecule has 0 spiro atoms. The Bertz CT molecular complexity index is 274. The van der Waals surface area contributed by atoms with Gasteiger partial charge in [-0.2, -0.15) is 36.4 Å². The Morgan fingerprint density at radius 2 is 0.950 bits per heavy atom. The summed E-state index contributed by atoms with van der Waals surface area (Å²) >= 11 is 0. The van der Waals surface area contributed by atoms with Crippen molar-refractivity contribution in [2.24, 2.45) is 0 Å². The molecule has 0 aromatic heterocycles. The van der Waals surface area contributed by atoms with Crippen molar-refractivity contribution in [2.75, 3.05) is 0 Å². The quantitative estimate of drug-likeness (QED) is 0.371. The first-order valence-corrected chi connectivity index (χ1v) is 9.73. The summed E-state index contributed by atoms with van der Waals surface area (Å²) in [4.78, 5) is 0. The molecule has 0 bridgehead atoms. The fourth-order valence-electron chi connectivity index (χ4n) is 0.864. The molecule has 2 rings (SSSR count). The van der Waals surface area contributed by atoms with Crippen LogP contribution in [-0.2, 0) is 26.2 Å². The van der Waals surface area contributed by atoms with Crippen LogP contribution in [0.15, 0.2) is 85.0 Å². The van der Waals surface area contributed by atoms with Gasteiger partial charge in [0.15, 0.2) is 0 Å². The third-order valence-electron chi connectivity index (χ3n) is 1.61. The van der Waals surface area contributed by atoms with Gasteiger partial charge < -0.3 is 0 Å². The average molecular weight is 364 g/mol. The van der Waals surface area contributed by atoms with Gasteiger partial charge in [0.05, 0.1) is 0 Å². The normalized spacial score (nSPS) is 8.40. The molecule has 108 valence electrons. The average Bonchev–Trinajstić information content (AvgIpc) is 3.13. The van der Waals surface area contributed by atoms with E-state index in [9.17, 15) is 0 Å². The van der Waals surface area contributed by atoms with E-state index in [1.807, 2.05) is 98.8 Å². The maximum atomic E-state index is 2.26. The SMILES string of the molecule is CC=CC=CC.C[SiH2]C.[Zr+2].c1cc[cH-]c1.c1cc[cH-]c1. The van der Waals surface area contributed by atoms with Crippen LogP contribution < -0.4 is 0 Å². The topological polar surface area (TPSA) is 0 Å². The van der Waals surface area contributed by atoms with Gasteiger partial charge in [0.2, 0.25) is 0 Å². The van der Waals surface area contributed by atoms with Crippen molar-refractivity contribution in [1.82, 2.24) is 0 Å². The first-order chi connectivity index (χ1) is 9.33. The minimum Gasteiger partial charge on any atom is -0.214 e. The molecule has 0 aliphatic rings. The van der Waals surface area contributed by atoms with Crippen molar-refractivity contribution in [3.63, 3.8) is 0 Å². The summed E-state index contributed by atoms with van der Waals surface area (Å²) in [5, 5.41) is 0. The molecule has 0 aliphatic carbocycles. The third-order valence-corrected chi connectivity index (χ3v) is 1.61. The molecule has 0 unspecified atom stereocenters. The first kappa shape index (κ1) is 24.3. The van der Waals surface area contributed by atoms with Gasteiger partial charge in [0.1, 0.15) is 0 Å². The van der Waals surface area contributed by atoms with Crippen LogP contribution in [-0.4, -0.2) is 9.52 Å². The summed E-state index contributed by atoms with van der Waals surface area (Å²) < 4.78 is 0. The summed E-state index contributed by atoms with van der Waals surface area (Å²) in [6.45, 7) is 8.53. The van der Waals surface area contributed by atoms with Crippen molar-refractivity contribution in [3.8, 4) is 0 Å². The van der Waals surface area contributed by atoms with E-state index in [2.05, 4.69) is 13.1 Å². The van der Waals surface area contributed by atoms with Crippen molar-refractivity contribution < 1.29 is 26.2 Å². The zero-order valence-corrected chi connectivity index (χ0v) is 17.2. The Morgan fingerprint density at radius 1 is 0.700 bits per heavy atom. The van der Waals surface area contributed by atoms with E-state index in [1.54, 1.807) is 0 Å². The summed E-state index contributed by atoms with van der Waals surface area (Å²) in [6.07, 6.45) is 8.00. The standard InChI is InChI=1S/C6H10.2C5H5.C2H8Si.Zr/c1-3-5-6-4-2;2*1-2-4-5-3-1;1-3-2;/h3-6H,1-2H3;2*1-5H;3H2,1-2H3;/q;2*-1;;+2. The monoisotopic (exact) mass is 362 g/mol. The van der Waals surface area contributed by atoms with Crippen molar-refractivity contribution >= 4 is 9.52 Å². The molecule has 0 saturated carbocycles. The molecule has 0 N–H and O–H groups in total. The molecule has 2 heteroatoms. The molecule has 20 heavy (non-hydrogen) atoms. The Balaban J connectivity index is -0.000000194. The Morgan fingerprint density at radius 3 is 1.05 bits per heavy atom. The van der Waals surface area contributed by atoms with E-state index in [1.165, 1.54) is 0 Å². The molecule has 0 fully saturated rings. The number of rotatable bonds is 1. The van der Waals surface area contributed by atoms with Crippen LogP contribution in [0, 0.1) is 0 Å². The maximum absolute atomic E-state index is 2.26. The second kappa shape index (κ2) is 26.8. The maximum Gasteiger partial charge on any atom is 2.00 e. The molecule has 2 aromatic carbocycles. The van der Waals surface area contributed by atoms with Crippen molar-refractivity contribution in [2.45, 2.75) is 26.9 Å². The van der Waals surface area contributed by atoms with Crippen LogP contribution in [0.3, 0.4) is 0 Å². The van der Waals surface area contributed by atoms with Crippen molar-refractivity contribution in [1.29, 1.82) is 0 Å². The van der Waals surface area contributed by atoms with E-state index in [0.29, 0.717) is 9.52 Å². The predicted octanol–water partition coefficient (Wildman–Crippen LogP) is 5.20. The molecular weight excluding hydrogens is 336 g/mol. The molecule has 0 amide bonds. The fourth-order valence-corrected chi connectivity index (χ4v) is 0.864. The van der Waals surface area contributed by atoms with Crippen molar-refractivity contribution in [3.05, 3.63) is 85.0 Å². The summed E-state index contributed by atoms with van der Waals surface area (Å²) in [6, 6.07) is 20.0. The van der Waals surface area contributed by atoms with Crippen LogP contribution in [0.2, 0.25) is 13.1 Å². The van der Waals surface area contributed by atoms with Gasteiger partial charge in [0, 0.05) is 9.52 Å². The summed E-state index contributed by atoms with van der Waals surface area (Å²) in [5.41, 5.74) is 0.